The lowest BCUT2D eigenvalue weighted by Crippen LogP contribution is -2.24. The minimum absolute atomic E-state index is 0.0347. The summed E-state index contributed by atoms with van der Waals surface area (Å²) in [5.41, 5.74) is 0.925. The van der Waals surface area contributed by atoms with Crippen molar-refractivity contribution < 1.29 is 4.92 Å². The Morgan fingerprint density at radius 3 is 2.85 bits per heavy atom. The molecule has 1 saturated carbocycles. The molecule has 0 spiro atoms. The topological polar surface area (TPSA) is 79.0 Å². The Labute approximate surface area is 118 Å². The van der Waals surface area contributed by atoms with Gasteiger partial charge in [-0.05, 0) is 30.4 Å². The van der Waals surface area contributed by atoms with Crippen molar-refractivity contribution in [1.82, 2.24) is 0 Å². The average Bonchev–Trinajstić information content (AvgIpc) is 2.46. The Morgan fingerprint density at radius 1 is 1.45 bits per heavy atom. The van der Waals surface area contributed by atoms with Gasteiger partial charge in [0, 0.05) is 12.6 Å². The van der Waals surface area contributed by atoms with Crippen LogP contribution < -0.4 is 5.32 Å². The van der Waals surface area contributed by atoms with E-state index in [0.717, 1.165) is 6.54 Å². The lowest BCUT2D eigenvalue weighted by atomic mass is 9.80. The van der Waals surface area contributed by atoms with Gasteiger partial charge in [0.1, 0.15) is 5.69 Å². The van der Waals surface area contributed by atoms with Crippen molar-refractivity contribution in [3.8, 4) is 6.07 Å². The lowest BCUT2D eigenvalue weighted by Gasteiger charge is -2.29. The molecule has 2 rings (SSSR count). The SMILES string of the molecule is CC1CCCCC1CNc1cc(C#N)ccc1[N+](=O)[O-]. The van der Waals surface area contributed by atoms with Gasteiger partial charge in [-0.15, -0.1) is 0 Å². The molecule has 1 N–H and O–H groups in total. The van der Waals surface area contributed by atoms with Crippen molar-refractivity contribution in [2.45, 2.75) is 32.6 Å². The fourth-order valence-electron chi connectivity index (χ4n) is 2.84. The second-order valence-electron chi connectivity index (χ2n) is 5.50. The molecule has 0 amide bonds. The maximum Gasteiger partial charge on any atom is 0.292 e. The Hall–Kier alpha value is -2.09. The molecule has 1 aromatic carbocycles. The van der Waals surface area contributed by atoms with E-state index < -0.39 is 4.92 Å². The summed E-state index contributed by atoms with van der Waals surface area (Å²) < 4.78 is 0. The number of nitriles is 1. The third kappa shape index (κ3) is 3.27. The number of nitro benzene ring substituents is 1. The number of anilines is 1. The van der Waals surface area contributed by atoms with Gasteiger partial charge >= 0.3 is 0 Å². The van der Waals surface area contributed by atoms with E-state index in [-0.39, 0.29) is 5.69 Å². The highest BCUT2D eigenvalue weighted by atomic mass is 16.6. The number of rotatable bonds is 4. The van der Waals surface area contributed by atoms with E-state index in [1.54, 1.807) is 6.07 Å². The summed E-state index contributed by atoms with van der Waals surface area (Å²) in [4.78, 5) is 10.6. The molecule has 1 fully saturated rings. The summed E-state index contributed by atoms with van der Waals surface area (Å²) in [5.74, 6) is 1.20. The number of nitrogens with one attached hydrogen (secondary N) is 1. The van der Waals surface area contributed by atoms with Crippen molar-refractivity contribution in [1.29, 1.82) is 5.26 Å². The summed E-state index contributed by atoms with van der Waals surface area (Å²) in [6.07, 6.45) is 4.91. The molecule has 0 bridgehead atoms. The number of hydrogen-bond donors (Lipinski definition) is 1. The van der Waals surface area contributed by atoms with Crippen molar-refractivity contribution >= 4 is 11.4 Å². The monoisotopic (exact) mass is 273 g/mol. The normalized spacial score (nSPS) is 22.0. The molecular formula is C15H19N3O2. The largest absolute Gasteiger partial charge is 0.379 e. The van der Waals surface area contributed by atoms with Crippen molar-refractivity contribution in [2.24, 2.45) is 11.8 Å². The highest BCUT2D eigenvalue weighted by molar-refractivity contribution is 5.64. The number of nitro groups is 1. The molecule has 1 aliphatic carbocycles. The predicted molar refractivity (Wildman–Crippen MR) is 77.4 cm³/mol. The maximum atomic E-state index is 11.0. The van der Waals surface area contributed by atoms with E-state index in [2.05, 4.69) is 12.2 Å². The van der Waals surface area contributed by atoms with E-state index in [9.17, 15) is 10.1 Å². The van der Waals surface area contributed by atoms with Crippen molar-refractivity contribution in [3.05, 3.63) is 33.9 Å². The first kappa shape index (κ1) is 14.3. The van der Waals surface area contributed by atoms with Gasteiger partial charge in [-0.2, -0.15) is 5.26 Å². The molecule has 0 heterocycles. The van der Waals surface area contributed by atoms with Crippen LogP contribution in [0.5, 0.6) is 0 Å². The van der Waals surface area contributed by atoms with E-state index in [1.807, 2.05) is 6.07 Å². The van der Waals surface area contributed by atoms with Crippen LogP contribution in [-0.2, 0) is 0 Å². The van der Waals surface area contributed by atoms with Crippen LogP contribution in [-0.4, -0.2) is 11.5 Å². The number of benzene rings is 1. The summed E-state index contributed by atoms with van der Waals surface area (Å²) in [7, 11) is 0. The van der Waals surface area contributed by atoms with Crippen LogP contribution in [0.2, 0.25) is 0 Å². The second kappa shape index (κ2) is 6.38. The van der Waals surface area contributed by atoms with Crippen LogP contribution in [0.3, 0.4) is 0 Å². The minimum atomic E-state index is -0.409. The first-order valence-corrected chi connectivity index (χ1v) is 7.04. The molecule has 0 radical (unpaired) electrons. The van der Waals surface area contributed by atoms with Crippen LogP contribution >= 0.6 is 0 Å². The molecule has 5 nitrogen and oxygen atoms in total. The molecule has 5 heteroatoms. The summed E-state index contributed by atoms with van der Waals surface area (Å²) in [6.45, 7) is 2.97. The zero-order valence-electron chi connectivity index (χ0n) is 11.6. The second-order valence-corrected chi connectivity index (χ2v) is 5.50. The average molecular weight is 273 g/mol. The molecule has 1 aliphatic rings. The van der Waals surface area contributed by atoms with Gasteiger partial charge in [-0.25, -0.2) is 0 Å². The van der Waals surface area contributed by atoms with Crippen LogP contribution in [0.4, 0.5) is 11.4 Å². The Balaban J connectivity index is 2.11. The first-order valence-electron chi connectivity index (χ1n) is 7.04. The van der Waals surface area contributed by atoms with Crippen LogP contribution in [0.1, 0.15) is 38.2 Å². The van der Waals surface area contributed by atoms with E-state index >= 15 is 0 Å². The number of hydrogen-bond acceptors (Lipinski definition) is 4. The quantitative estimate of drug-likeness (QED) is 0.670. The zero-order chi connectivity index (χ0) is 14.5. The molecule has 1 aromatic rings. The molecule has 2 atom stereocenters. The van der Waals surface area contributed by atoms with Crippen molar-refractivity contribution in [3.63, 3.8) is 0 Å². The number of nitrogens with zero attached hydrogens (tertiary/aromatic N) is 2. The highest BCUT2D eigenvalue weighted by Crippen LogP contribution is 2.31. The Morgan fingerprint density at radius 2 is 2.20 bits per heavy atom. The van der Waals surface area contributed by atoms with Gasteiger partial charge in [0.25, 0.3) is 5.69 Å². The third-order valence-corrected chi connectivity index (χ3v) is 4.17. The zero-order valence-corrected chi connectivity index (χ0v) is 11.6. The van der Waals surface area contributed by atoms with Crippen LogP contribution in [0, 0.1) is 33.3 Å². The molecule has 106 valence electrons. The molecule has 0 aromatic heterocycles. The first-order chi connectivity index (χ1) is 9.61. The van der Waals surface area contributed by atoms with E-state index in [1.165, 1.54) is 37.8 Å². The molecule has 2 unspecified atom stereocenters. The van der Waals surface area contributed by atoms with Gasteiger partial charge in [0.2, 0.25) is 0 Å². The summed E-state index contributed by atoms with van der Waals surface area (Å²) in [5, 5.41) is 23.1. The summed E-state index contributed by atoms with van der Waals surface area (Å²) in [6, 6.07) is 6.45. The smallest absolute Gasteiger partial charge is 0.292 e. The third-order valence-electron chi connectivity index (χ3n) is 4.17. The van der Waals surface area contributed by atoms with Gasteiger partial charge in [-0.1, -0.05) is 26.2 Å². The molecule has 0 aliphatic heterocycles. The van der Waals surface area contributed by atoms with Gasteiger partial charge in [0.05, 0.1) is 16.6 Å². The van der Waals surface area contributed by atoms with Gasteiger partial charge < -0.3 is 5.32 Å². The van der Waals surface area contributed by atoms with Crippen molar-refractivity contribution in [2.75, 3.05) is 11.9 Å². The Kier molecular flexibility index (Phi) is 4.57. The lowest BCUT2D eigenvalue weighted by molar-refractivity contribution is -0.384. The molecular weight excluding hydrogens is 254 g/mol. The minimum Gasteiger partial charge on any atom is -0.379 e. The Bertz CT molecular complexity index is 536. The molecule has 20 heavy (non-hydrogen) atoms. The predicted octanol–water partition coefficient (Wildman–Crippen LogP) is 3.70. The molecule has 0 saturated heterocycles. The highest BCUT2D eigenvalue weighted by Gasteiger charge is 2.22. The fraction of sp³-hybridized carbons (Fsp3) is 0.533. The van der Waals surface area contributed by atoms with Crippen LogP contribution in [0.15, 0.2) is 18.2 Å². The van der Waals surface area contributed by atoms with Gasteiger partial charge in [-0.3, -0.25) is 10.1 Å². The standard InChI is InChI=1S/C15H19N3O2/c1-11-4-2-3-5-13(11)10-17-14-8-12(9-16)6-7-15(14)18(19)20/h6-8,11,13,17H,2-5,10H2,1H3. The summed E-state index contributed by atoms with van der Waals surface area (Å²) >= 11 is 0. The maximum absolute atomic E-state index is 11.0. The van der Waals surface area contributed by atoms with Gasteiger partial charge in [0.15, 0.2) is 0 Å². The fourth-order valence-corrected chi connectivity index (χ4v) is 2.84. The van der Waals surface area contributed by atoms with E-state index in [4.69, 9.17) is 5.26 Å². The van der Waals surface area contributed by atoms with E-state index in [0.29, 0.717) is 23.1 Å². The van der Waals surface area contributed by atoms with Crippen LogP contribution in [0.25, 0.3) is 0 Å².